The van der Waals surface area contributed by atoms with Crippen LogP contribution in [0.25, 0.3) is 0 Å². The van der Waals surface area contributed by atoms with Crippen molar-refractivity contribution in [2.24, 2.45) is 0 Å². The van der Waals surface area contributed by atoms with Crippen LogP contribution in [-0.2, 0) is 11.3 Å². The van der Waals surface area contributed by atoms with Crippen LogP contribution in [0.3, 0.4) is 0 Å². The third-order valence-electron chi connectivity index (χ3n) is 2.77. The van der Waals surface area contributed by atoms with Crippen molar-refractivity contribution in [3.05, 3.63) is 11.9 Å². The molecule has 0 radical (unpaired) electrons. The maximum absolute atomic E-state index is 9.95. The number of rotatable bonds is 9. The molecule has 0 aliphatic rings. The van der Waals surface area contributed by atoms with Crippen LogP contribution >= 0.6 is 0 Å². The van der Waals surface area contributed by atoms with Crippen LogP contribution in [0.1, 0.15) is 39.9 Å². The summed E-state index contributed by atoms with van der Waals surface area (Å²) in [6.45, 7) is 9.98. The van der Waals surface area contributed by atoms with Gasteiger partial charge in [-0.25, -0.2) is 9.97 Å². The molecule has 6 nitrogen and oxygen atoms in total. The molecule has 0 saturated carbocycles. The Labute approximate surface area is 127 Å². The highest BCUT2D eigenvalue weighted by Crippen LogP contribution is 2.17. The fraction of sp³-hybridized carbons (Fsp3) is 0.733. The first-order valence-corrected chi connectivity index (χ1v) is 7.48. The summed E-state index contributed by atoms with van der Waals surface area (Å²) in [5.41, 5.74) is -0.781. The molecule has 0 bridgehead atoms. The highest BCUT2D eigenvalue weighted by Gasteiger charge is 2.18. The minimum atomic E-state index is -0.781. The van der Waals surface area contributed by atoms with E-state index in [9.17, 15) is 5.11 Å². The number of aliphatic hydroxyl groups is 1. The van der Waals surface area contributed by atoms with Gasteiger partial charge < -0.3 is 20.1 Å². The zero-order chi connectivity index (χ0) is 15.9. The van der Waals surface area contributed by atoms with E-state index in [2.05, 4.69) is 22.2 Å². The highest BCUT2D eigenvalue weighted by molar-refractivity contribution is 5.49. The first kappa shape index (κ1) is 17.7. The summed E-state index contributed by atoms with van der Waals surface area (Å²) < 4.78 is 5.39. The zero-order valence-electron chi connectivity index (χ0n) is 13.8. The van der Waals surface area contributed by atoms with E-state index < -0.39 is 5.60 Å². The molecule has 0 spiro atoms. The zero-order valence-corrected chi connectivity index (χ0v) is 13.8. The Bertz CT molecular complexity index is 406. The van der Waals surface area contributed by atoms with Gasteiger partial charge in [0.2, 0.25) is 0 Å². The lowest BCUT2D eigenvalue weighted by molar-refractivity contribution is 0.0884. The van der Waals surface area contributed by atoms with E-state index in [-0.39, 0.29) is 0 Å². The molecular formula is C15H28N4O2. The molecule has 0 aliphatic heterocycles. The third-order valence-corrected chi connectivity index (χ3v) is 2.77. The van der Waals surface area contributed by atoms with E-state index in [1.54, 1.807) is 13.8 Å². The van der Waals surface area contributed by atoms with Crippen molar-refractivity contribution in [1.29, 1.82) is 0 Å². The minimum Gasteiger partial charge on any atom is -0.389 e. The van der Waals surface area contributed by atoms with Crippen molar-refractivity contribution >= 4 is 11.6 Å². The van der Waals surface area contributed by atoms with Gasteiger partial charge in [0.1, 0.15) is 18.2 Å². The van der Waals surface area contributed by atoms with Gasteiger partial charge in [-0.3, -0.25) is 0 Å². The van der Waals surface area contributed by atoms with E-state index in [0.717, 1.165) is 24.6 Å². The molecule has 1 aromatic heterocycles. The van der Waals surface area contributed by atoms with Gasteiger partial charge in [-0.15, -0.1) is 0 Å². The van der Waals surface area contributed by atoms with Crippen LogP contribution in [0.15, 0.2) is 6.07 Å². The van der Waals surface area contributed by atoms with Gasteiger partial charge in [0.25, 0.3) is 0 Å². The van der Waals surface area contributed by atoms with E-state index in [1.165, 1.54) is 0 Å². The second-order valence-electron chi connectivity index (χ2n) is 5.76. The minimum absolute atomic E-state index is 0.390. The Kier molecular flexibility index (Phi) is 6.84. The smallest absolute Gasteiger partial charge is 0.158 e. The number of ether oxygens (including phenoxy) is 1. The molecular weight excluding hydrogens is 268 g/mol. The number of anilines is 2. The molecule has 0 atom stereocenters. The summed E-state index contributed by atoms with van der Waals surface area (Å²) in [4.78, 5) is 10.9. The number of hydrogen-bond donors (Lipinski definition) is 2. The van der Waals surface area contributed by atoms with Crippen LogP contribution in [-0.4, -0.2) is 47.4 Å². The number of nitrogens with one attached hydrogen (secondary N) is 1. The molecule has 0 aliphatic carbocycles. The summed E-state index contributed by atoms with van der Waals surface area (Å²) in [5, 5.41) is 13.2. The number of aromatic nitrogens is 2. The van der Waals surface area contributed by atoms with Crippen LogP contribution in [0, 0.1) is 0 Å². The molecule has 1 heterocycles. The van der Waals surface area contributed by atoms with Crippen LogP contribution in [0.4, 0.5) is 11.6 Å². The lowest BCUT2D eigenvalue weighted by atomic mass is 10.1. The van der Waals surface area contributed by atoms with Crippen LogP contribution in [0.2, 0.25) is 0 Å². The summed E-state index contributed by atoms with van der Waals surface area (Å²) >= 11 is 0. The number of hydrogen-bond acceptors (Lipinski definition) is 6. The van der Waals surface area contributed by atoms with Gasteiger partial charge in [-0.2, -0.15) is 0 Å². The molecule has 0 unspecified atom stereocenters. The quantitative estimate of drug-likeness (QED) is 0.727. The summed E-state index contributed by atoms with van der Waals surface area (Å²) in [6.07, 6.45) is 1.03. The Hall–Kier alpha value is -1.40. The van der Waals surface area contributed by atoms with Crippen molar-refractivity contribution in [3.8, 4) is 0 Å². The third kappa shape index (κ3) is 6.73. The van der Waals surface area contributed by atoms with Gasteiger partial charge in [-0.1, -0.05) is 6.92 Å². The number of likely N-dealkylation sites (N-methyl/N-ethyl adjacent to an activating group) is 1. The van der Waals surface area contributed by atoms with Gasteiger partial charge in [-0.05, 0) is 27.2 Å². The Balaban J connectivity index is 2.94. The van der Waals surface area contributed by atoms with Gasteiger partial charge in [0.15, 0.2) is 5.82 Å². The fourth-order valence-corrected chi connectivity index (χ4v) is 1.94. The monoisotopic (exact) mass is 296 g/mol. The molecule has 0 fully saturated rings. The van der Waals surface area contributed by atoms with E-state index in [1.807, 2.05) is 24.9 Å². The normalized spacial score (nSPS) is 11.5. The average Bonchev–Trinajstić information content (AvgIpc) is 2.40. The number of nitrogens with zero attached hydrogens (tertiary/aromatic N) is 3. The molecule has 6 heteroatoms. The predicted molar refractivity (Wildman–Crippen MR) is 85.7 cm³/mol. The average molecular weight is 296 g/mol. The van der Waals surface area contributed by atoms with E-state index >= 15 is 0 Å². The van der Waals surface area contributed by atoms with Gasteiger partial charge in [0, 0.05) is 32.8 Å². The standard InChI is InChI=1S/C15H28N4O2/c1-6-8-16-12-9-14(19(5)11-15(3,4)20)18-13(17-12)10-21-7-2/h9,20H,6-8,10-11H2,1-5H3,(H,16,17,18). The molecule has 0 amide bonds. The summed E-state index contributed by atoms with van der Waals surface area (Å²) in [5.74, 6) is 2.22. The molecule has 120 valence electrons. The van der Waals surface area contributed by atoms with Crippen molar-refractivity contribution in [3.63, 3.8) is 0 Å². The molecule has 0 saturated heterocycles. The predicted octanol–water partition coefficient (Wildman–Crippen LogP) is 2.04. The fourth-order valence-electron chi connectivity index (χ4n) is 1.94. The van der Waals surface area contributed by atoms with Crippen LogP contribution in [0.5, 0.6) is 0 Å². The van der Waals surface area contributed by atoms with Gasteiger partial charge in [0.05, 0.1) is 5.60 Å². The second-order valence-corrected chi connectivity index (χ2v) is 5.76. The highest BCUT2D eigenvalue weighted by atomic mass is 16.5. The lowest BCUT2D eigenvalue weighted by Crippen LogP contribution is -2.36. The van der Waals surface area contributed by atoms with E-state index in [4.69, 9.17) is 4.74 Å². The first-order valence-electron chi connectivity index (χ1n) is 7.48. The molecule has 2 N–H and O–H groups in total. The Morgan fingerprint density at radius 3 is 2.62 bits per heavy atom. The van der Waals surface area contributed by atoms with Crippen molar-refractivity contribution in [2.75, 3.05) is 37.0 Å². The molecule has 1 aromatic rings. The Morgan fingerprint density at radius 2 is 2.05 bits per heavy atom. The molecule has 0 aromatic carbocycles. The van der Waals surface area contributed by atoms with Crippen molar-refractivity contribution in [1.82, 2.24) is 9.97 Å². The maximum Gasteiger partial charge on any atom is 0.158 e. The molecule has 1 rings (SSSR count). The SMILES string of the molecule is CCCNc1cc(N(C)CC(C)(C)O)nc(COCC)n1. The second kappa shape index (κ2) is 8.14. The van der Waals surface area contributed by atoms with Crippen LogP contribution < -0.4 is 10.2 Å². The van der Waals surface area contributed by atoms with Crippen molar-refractivity contribution < 1.29 is 9.84 Å². The largest absolute Gasteiger partial charge is 0.389 e. The maximum atomic E-state index is 9.95. The summed E-state index contributed by atoms with van der Waals surface area (Å²) in [7, 11) is 1.91. The van der Waals surface area contributed by atoms with E-state index in [0.29, 0.717) is 25.6 Å². The van der Waals surface area contributed by atoms with Crippen molar-refractivity contribution in [2.45, 2.75) is 46.3 Å². The van der Waals surface area contributed by atoms with Gasteiger partial charge >= 0.3 is 0 Å². The topological polar surface area (TPSA) is 70.5 Å². The molecule has 21 heavy (non-hydrogen) atoms. The summed E-state index contributed by atoms with van der Waals surface area (Å²) in [6, 6.07) is 1.90. The Morgan fingerprint density at radius 1 is 1.33 bits per heavy atom. The lowest BCUT2D eigenvalue weighted by Gasteiger charge is -2.27. The first-order chi connectivity index (χ1) is 9.85.